The molecule has 3 rings (SSSR count). The molecule has 0 saturated heterocycles. The molecule has 20 heavy (non-hydrogen) atoms. The molecule has 2 N–H and O–H groups in total. The summed E-state index contributed by atoms with van der Waals surface area (Å²) >= 11 is 3.38. The number of amides is 1. The molecule has 0 radical (unpaired) electrons. The van der Waals surface area contributed by atoms with Gasteiger partial charge in [-0.15, -0.1) is 0 Å². The van der Waals surface area contributed by atoms with Gasteiger partial charge in [0.25, 0.3) is 0 Å². The van der Waals surface area contributed by atoms with Crippen LogP contribution in [0.1, 0.15) is 5.56 Å². The van der Waals surface area contributed by atoms with Gasteiger partial charge in [-0.1, -0.05) is 40.2 Å². The van der Waals surface area contributed by atoms with Gasteiger partial charge in [-0.05, 0) is 23.8 Å². The number of halogens is 1. The maximum Gasteiger partial charge on any atom is 0.228 e. The van der Waals surface area contributed by atoms with Crippen LogP contribution in [-0.4, -0.2) is 16.1 Å². The molecule has 0 bridgehead atoms. The lowest BCUT2D eigenvalue weighted by Gasteiger charge is -2.06. The summed E-state index contributed by atoms with van der Waals surface area (Å²) in [6, 6.07) is 13.4. The van der Waals surface area contributed by atoms with Gasteiger partial charge >= 0.3 is 0 Å². The molecule has 0 aliphatic carbocycles. The van der Waals surface area contributed by atoms with Crippen LogP contribution in [-0.2, 0) is 11.2 Å². The molecule has 0 aliphatic heterocycles. The number of nitrogens with zero attached hydrogens (tertiary/aromatic N) is 1. The summed E-state index contributed by atoms with van der Waals surface area (Å²) in [6.45, 7) is 0. The fourth-order valence-corrected chi connectivity index (χ4v) is 2.32. The highest BCUT2D eigenvalue weighted by atomic mass is 79.9. The van der Waals surface area contributed by atoms with Gasteiger partial charge < -0.3 is 5.32 Å². The highest BCUT2D eigenvalue weighted by Crippen LogP contribution is 2.20. The third kappa shape index (κ3) is 2.72. The predicted molar refractivity (Wildman–Crippen MR) is 82.6 cm³/mol. The smallest absolute Gasteiger partial charge is 0.228 e. The van der Waals surface area contributed by atoms with Crippen molar-refractivity contribution in [2.75, 3.05) is 5.32 Å². The second-order valence-corrected chi connectivity index (χ2v) is 5.41. The number of rotatable bonds is 3. The maximum atomic E-state index is 12.1. The summed E-state index contributed by atoms with van der Waals surface area (Å²) < 4.78 is 1.00. The van der Waals surface area contributed by atoms with Crippen molar-refractivity contribution in [3.63, 3.8) is 0 Å². The van der Waals surface area contributed by atoms with Crippen molar-refractivity contribution in [2.24, 2.45) is 0 Å². The summed E-state index contributed by atoms with van der Waals surface area (Å²) in [7, 11) is 0. The number of carbonyl (C=O) groups is 1. The number of aromatic nitrogens is 2. The van der Waals surface area contributed by atoms with Crippen molar-refractivity contribution >= 4 is 38.4 Å². The van der Waals surface area contributed by atoms with E-state index in [4.69, 9.17) is 0 Å². The van der Waals surface area contributed by atoms with E-state index in [-0.39, 0.29) is 5.91 Å². The first-order valence-electron chi connectivity index (χ1n) is 6.19. The molecule has 0 atom stereocenters. The standard InChI is InChI=1S/C15H12BrN3O/c16-12-6-4-10(5-7-12)8-14(20)18-13-3-1-2-11-9-17-19-15(11)13/h1-7,9H,8H2,(H,17,19)(H,18,20). The van der Waals surface area contributed by atoms with Crippen LogP contribution in [0.4, 0.5) is 5.69 Å². The van der Waals surface area contributed by atoms with Gasteiger partial charge in [0.05, 0.1) is 23.8 Å². The average molecular weight is 330 g/mol. The number of aromatic amines is 1. The highest BCUT2D eigenvalue weighted by molar-refractivity contribution is 9.10. The van der Waals surface area contributed by atoms with E-state index < -0.39 is 0 Å². The number of para-hydroxylation sites is 1. The first-order valence-corrected chi connectivity index (χ1v) is 6.98. The van der Waals surface area contributed by atoms with Crippen LogP contribution in [0.25, 0.3) is 10.9 Å². The molecule has 4 nitrogen and oxygen atoms in total. The molecular weight excluding hydrogens is 318 g/mol. The van der Waals surface area contributed by atoms with Crippen molar-refractivity contribution in [3.8, 4) is 0 Å². The normalized spacial score (nSPS) is 10.7. The predicted octanol–water partition coefficient (Wildman–Crippen LogP) is 3.51. The van der Waals surface area contributed by atoms with Crippen LogP contribution >= 0.6 is 15.9 Å². The van der Waals surface area contributed by atoms with Crippen molar-refractivity contribution in [1.29, 1.82) is 0 Å². The second kappa shape index (κ2) is 5.46. The fourth-order valence-electron chi connectivity index (χ4n) is 2.06. The first-order chi connectivity index (χ1) is 9.72. The molecule has 100 valence electrons. The Labute approximate surface area is 124 Å². The zero-order chi connectivity index (χ0) is 13.9. The molecule has 5 heteroatoms. The summed E-state index contributed by atoms with van der Waals surface area (Å²) in [6.07, 6.45) is 2.08. The Hall–Kier alpha value is -2.14. The van der Waals surface area contributed by atoms with Crippen molar-refractivity contribution < 1.29 is 4.79 Å². The third-order valence-corrected chi connectivity index (χ3v) is 3.56. The summed E-state index contributed by atoms with van der Waals surface area (Å²) in [4.78, 5) is 12.1. The Bertz CT molecular complexity index is 749. The van der Waals surface area contributed by atoms with Crippen molar-refractivity contribution in [2.45, 2.75) is 6.42 Å². The number of nitrogens with one attached hydrogen (secondary N) is 2. The van der Waals surface area contributed by atoms with Crippen LogP contribution in [0.15, 0.2) is 53.1 Å². The number of carbonyl (C=O) groups excluding carboxylic acids is 1. The summed E-state index contributed by atoms with van der Waals surface area (Å²) in [5, 5.41) is 10.8. The molecule has 1 aromatic heterocycles. The molecule has 0 saturated carbocycles. The summed E-state index contributed by atoms with van der Waals surface area (Å²) in [5.41, 5.74) is 2.57. The van der Waals surface area contributed by atoms with E-state index in [1.54, 1.807) is 6.20 Å². The summed E-state index contributed by atoms with van der Waals surface area (Å²) in [5.74, 6) is -0.0468. The minimum absolute atomic E-state index is 0.0468. The maximum absolute atomic E-state index is 12.1. The average Bonchev–Trinajstić information content (AvgIpc) is 2.91. The van der Waals surface area contributed by atoms with Gasteiger partial charge in [0, 0.05) is 9.86 Å². The minimum atomic E-state index is -0.0468. The largest absolute Gasteiger partial charge is 0.324 e. The van der Waals surface area contributed by atoms with Gasteiger partial charge in [0.1, 0.15) is 0 Å². The zero-order valence-electron chi connectivity index (χ0n) is 10.6. The van der Waals surface area contributed by atoms with Crippen molar-refractivity contribution in [1.82, 2.24) is 10.2 Å². The molecule has 0 unspecified atom stereocenters. The minimum Gasteiger partial charge on any atom is -0.324 e. The molecule has 2 aromatic carbocycles. The first kappa shape index (κ1) is 12.9. The van der Waals surface area contributed by atoms with Gasteiger partial charge in [-0.25, -0.2) is 0 Å². The highest BCUT2D eigenvalue weighted by Gasteiger charge is 2.07. The number of H-pyrrole nitrogens is 1. The number of hydrogen-bond acceptors (Lipinski definition) is 2. The lowest BCUT2D eigenvalue weighted by atomic mass is 10.1. The molecule has 3 aromatic rings. The third-order valence-electron chi connectivity index (χ3n) is 3.03. The SMILES string of the molecule is O=C(Cc1ccc(Br)cc1)Nc1cccc2cn[nH]c12. The lowest BCUT2D eigenvalue weighted by molar-refractivity contribution is -0.115. The molecule has 0 aliphatic rings. The number of hydrogen-bond donors (Lipinski definition) is 2. The second-order valence-electron chi connectivity index (χ2n) is 4.49. The van der Waals surface area contributed by atoms with Crippen LogP contribution in [0, 0.1) is 0 Å². The van der Waals surface area contributed by atoms with E-state index in [1.165, 1.54) is 0 Å². The van der Waals surface area contributed by atoms with Gasteiger partial charge in [0.2, 0.25) is 5.91 Å². The van der Waals surface area contributed by atoms with Crippen LogP contribution < -0.4 is 5.32 Å². The molecule has 0 spiro atoms. The van der Waals surface area contributed by atoms with Gasteiger partial charge in [-0.3, -0.25) is 9.89 Å². The molecule has 0 fully saturated rings. The van der Waals surface area contributed by atoms with E-state index in [0.717, 1.165) is 26.6 Å². The van der Waals surface area contributed by atoms with E-state index in [1.807, 2.05) is 42.5 Å². The van der Waals surface area contributed by atoms with E-state index >= 15 is 0 Å². The molecule has 1 heterocycles. The van der Waals surface area contributed by atoms with Crippen molar-refractivity contribution in [3.05, 3.63) is 58.7 Å². The van der Waals surface area contributed by atoms with Crippen LogP contribution in [0.5, 0.6) is 0 Å². The zero-order valence-corrected chi connectivity index (χ0v) is 12.1. The Morgan fingerprint density at radius 3 is 2.80 bits per heavy atom. The van der Waals surface area contributed by atoms with Gasteiger partial charge in [0.15, 0.2) is 0 Å². The lowest BCUT2D eigenvalue weighted by Crippen LogP contribution is -2.14. The topological polar surface area (TPSA) is 57.8 Å². The number of anilines is 1. The monoisotopic (exact) mass is 329 g/mol. The Morgan fingerprint density at radius 1 is 1.20 bits per heavy atom. The van der Waals surface area contributed by atoms with E-state index in [2.05, 4.69) is 31.4 Å². The van der Waals surface area contributed by atoms with Crippen LogP contribution in [0.3, 0.4) is 0 Å². The Morgan fingerprint density at radius 2 is 2.00 bits per heavy atom. The van der Waals surface area contributed by atoms with E-state index in [9.17, 15) is 4.79 Å². The number of benzene rings is 2. The molecule has 1 amide bonds. The van der Waals surface area contributed by atoms with Gasteiger partial charge in [-0.2, -0.15) is 5.10 Å². The molecular formula is C15H12BrN3O. The van der Waals surface area contributed by atoms with E-state index in [0.29, 0.717) is 6.42 Å². The van der Waals surface area contributed by atoms with Crippen LogP contribution in [0.2, 0.25) is 0 Å². The Balaban J connectivity index is 1.76. The quantitative estimate of drug-likeness (QED) is 0.772. The number of fused-ring (bicyclic) bond motifs is 1. The fraction of sp³-hybridized carbons (Fsp3) is 0.0667. The Kier molecular flexibility index (Phi) is 3.52.